The molecule has 4 aromatic rings. The zero-order valence-corrected chi connectivity index (χ0v) is 18.2. The molecule has 0 spiro atoms. The van der Waals surface area contributed by atoms with Gasteiger partial charge in [0.25, 0.3) is 5.91 Å². The van der Waals surface area contributed by atoms with Crippen LogP contribution in [0.1, 0.15) is 41.0 Å². The highest BCUT2D eigenvalue weighted by Crippen LogP contribution is 2.38. The van der Waals surface area contributed by atoms with E-state index in [1.807, 2.05) is 43.3 Å². The smallest absolute Gasteiger partial charge is 0.296 e. The lowest BCUT2D eigenvalue weighted by atomic mass is 9.96. The average Bonchev–Trinajstić information content (AvgIpc) is 3.42. The Hall–Kier alpha value is -3.64. The second kappa shape index (κ2) is 8.13. The van der Waals surface area contributed by atoms with Gasteiger partial charge in [-0.15, -0.1) is 0 Å². The summed E-state index contributed by atoms with van der Waals surface area (Å²) in [5.41, 5.74) is 2.48. The van der Waals surface area contributed by atoms with Crippen molar-refractivity contribution in [2.24, 2.45) is 5.10 Å². The van der Waals surface area contributed by atoms with Gasteiger partial charge in [0, 0.05) is 24.7 Å². The van der Waals surface area contributed by atoms with E-state index in [1.165, 1.54) is 5.01 Å². The Morgan fingerprint density at radius 1 is 1.09 bits per heavy atom. The number of carbonyl (C=O) groups is 1. The minimum Gasteiger partial charge on any atom is -0.508 e. The molecule has 32 heavy (non-hydrogen) atoms. The summed E-state index contributed by atoms with van der Waals surface area (Å²) >= 11 is 6.31. The fraction of sp³-hybridized carbons (Fsp3) is 0.160. The summed E-state index contributed by atoms with van der Waals surface area (Å²) in [5, 5.41) is 23.4. The van der Waals surface area contributed by atoms with E-state index in [0.29, 0.717) is 18.5 Å². The molecule has 1 amide bonds. The number of hydrogen-bond donors (Lipinski definition) is 1. The third-order valence-electron chi connectivity index (χ3n) is 5.74. The molecule has 7 heteroatoms. The topological polar surface area (TPSA) is 70.7 Å². The van der Waals surface area contributed by atoms with Crippen LogP contribution in [0.15, 0.2) is 78.0 Å². The van der Waals surface area contributed by atoms with Gasteiger partial charge in [-0.2, -0.15) is 10.2 Å². The molecule has 5 rings (SSSR count). The van der Waals surface area contributed by atoms with Gasteiger partial charge in [0.15, 0.2) is 5.69 Å². The summed E-state index contributed by atoms with van der Waals surface area (Å²) in [5.74, 6) is -0.276. The molecule has 0 radical (unpaired) electrons. The summed E-state index contributed by atoms with van der Waals surface area (Å²) in [7, 11) is 0. The second-order valence-electron chi connectivity index (χ2n) is 7.72. The lowest BCUT2D eigenvalue weighted by Gasteiger charge is -2.22. The molecule has 1 aromatic heterocycles. The molecule has 1 aliphatic heterocycles. The number of aromatic nitrogens is 2. The fourth-order valence-electron chi connectivity index (χ4n) is 4.07. The molecule has 3 aromatic carbocycles. The van der Waals surface area contributed by atoms with E-state index in [9.17, 15) is 9.90 Å². The number of para-hydroxylation sites is 1. The van der Waals surface area contributed by atoms with Crippen LogP contribution in [0.4, 0.5) is 0 Å². The van der Waals surface area contributed by atoms with Gasteiger partial charge in [-0.25, -0.2) is 5.01 Å². The van der Waals surface area contributed by atoms with Crippen molar-refractivity contribution in [2.45, 2.75) is 25.9 Å². The van der Waals surface area contributed by atoms with Crippen molar-refractivity contribution in [2.75, 3.05) is 0 Å². The van der Waals surface area contributed by atoms with Crippen molar-refractivity contribution in [3.8, 4) is 5.75 Å². The molecule has 0 bridgehead atoms. The van der Waals surface area contributed by atoms with E-state index < -0.39 is 11.9 Å². The van der Waals surface area contributed by atoms with Crippen molar-refractivity contribution in [1.29, 1.82) is 0 Å². The van der Waals surface area contributed by atoms with E-state index in [0.717, 1.165) is 22.0 Å². The minimum atomic E-state index is -0.465. The van der Waals surface area contributed by atoms with Crippen LogP contribution in [-0.2, 0) is 6.54 Å². The van der Waals surface area contributed by atoms with E-state index in [2.05, 4.69) is 23.3 Å². The van der Waals surface area contributed by atoms with Crippen molar-refractivity contribution < 1.29 is 9.90 Å². The molecular weight excluding hydrogens is 424 g/mol. The molecule has 1 atom stereocenters. The number of benzene rings is 3. The van der Waals surface area contributed by atoms with Gasteiger partial charge >= 0.3 is 0 Å². The first-order chi connectivity index (χ1) is 15.5. The number of phenols is 1. The third kappa shape index (κ3) is 3.52. The van der Waals surface area contributed by atoms with E-state index >= 15 is 0 Å². The number of fused-ring (bicyclic) bond motifs is 1. The van der Waals surface area contributed by atoms with Crippen LogP contribution in [0.2, 0.25) is 5.02 Å². The van der Waals surface area contributed by atoms with Crippen molar-refractivity contribution in [3.05, 3.63) is 94.8 Å². The molecule has 0 fully saturated rings. The largest absolute Gasteiger partial charge is 0.508 e. The maximum Gasteiger partial charge on any atom is 0.296 e. The van der Waals surface area contributed by atoms with Crippen LogP contribution in [-0.4, -0.2) is 31.5 Å². The minimum absolute atomic E-state index is 0.121. The zero-order chi connectivity index (χ0) is 22.2. The highest BCUT2D eigenvalue weighted by molar-refractivity contribution is 6.33. The Bertz CT molecular complexity index is 1360. The SMILES string of the molecule is CCn1cc(Cl)c(C(=O)N2N=C(c3ccc4ccccc4c3)C[C@H]2c2ccccc2O)n1. The monoisotopic (exact) mass is 444 g/mol. The van der Waals surface area contributed by atoms with Crippen molar-refractivity contribution in [1.82, 2.24) is 14.8 Å². The number of hydrogen-bond acceptors (Lipinski definition) is 4. The van der Waals surface area contributed by atoms with Gasteiger partial charge in [-0.05, 0) is 35.4 Å². The van der Waals surface area contributed by atoms with Crippen molar-refractivity contribution in [3.63, 3.8) is 0 Å². The summed E-state index contributed by atoms with van der Waals surface area (Å²) in [6.45, 7) is 2.52. The number of rotatable bonds is 4. The highest BCUT2D eigenvalue weighted by atomic mass is 35.5. The zero-order valence-electron chi connectivity index (χ0n) is 17.4. The van der Waals surface area contributed by atoms with Crippen molar-refractivity contribution >= 4 is 34.0 Å². The van der Waals surface area contributed by atoms with E-state index in [4.69, 9.17) is 16.7 Å². The summed E-state index contributed by atoms with van der Waals surface area (Å²) < 4.78 is 1.62. The number of nitrogens with zero attached hydrogens (tertiary/aromatic N) is 4. The van der Waals surface area contributed by atoms with Gasteiger partial charge in [-0.3, -0.25) is 9.48 Å². The Kier molecular flexibility index (Phi) is 5.15. The number of phenolic OH excluding ortho intramolecular Hbond substituents is 1. The van der Waals surface area contributed by atoms with Crippen LogP contribution in [0, 0.1) is 0 Å². The first-order valence-corrected chi connectivity index (χ1v) is 10.8. The summed E-state index contributed by atoms with van der Waals surface area (Å²) in [6, 6.07) is 20.8. The molecule has 0 saturated carbocycles. The number of amides is 1. The second-order valence-corrected chi connectivity index (χ2v) is 8.13. The Morgan fingerprint density at radius 3 is 2.59 bits per heavy atom. The number of halogens is 1. The van der Waals surface area contributed by atoms with Crippen LogP contribution in [0.25, 0.3) is 10.8 Å². The predicted molar refractivity (Wildman–Crippen MR) is 125 cm³/mol. The molecule has 1 aliphatic rings. The molecule has 6 nitrogen and oxygen atoms in total. The quantitative estimate of drug-likeness (QED) is 0.457. The van der Waals surface area contributed by atoms with Gasteiger partial charge in [0.05, 0.1) is 16.8 Å². The van der Waals surface area contributed by atoms with Crippen LogP contribution in [0.5, 0.6) is 5.75 Å². The Labute approximate surface area is 190 Å². The van der Waals surface area contributed by atoms with Crippen LogP contribution in [0.3, 0.4) is 0 Å². The molecule has 0 saturated heterocycles. The summed E-state index contributed by atoms with van der Waals surface area (Å²) in [4.78, 5) is 13.5. The molecule has 160 valence electrons. The van der Waals surface area contributed by atoms with Gasteiger partial charge < -0.3 is 5.11 Å². The van der Waals surface area contributed by atoms with Gasteiger partial charge in [0.2, 0.25) is 0 Å². The van der Waals surface area contributed by atoms with Crippen LogP contribution >= 0.6 is 11.6 Å². The molecule has 2 heterocycles. The lowest BCUT2D eigenvalue weighted by Crippen LogP contribution is -2.28. The lowest BCUT2D eigenvalue weighted by molar-refractivity contribution is 0.0703. The summed E-state index contributed by atoms with van der Waals surface area (Å²) in [6.07, 6.45) is 2.10. The molecule has 1 N–H and O–H groups in total. The Balaban J connectivity index is 1.58. The molecule has 0 aliphatic carbocycles. The normalized spacial score (nSPS) is 15.9. The maximum absolute atomic E-state index is 13.5. The van der Waals surface area contributed by atoms with E-state index in [1.54, 1.807) is 23.0 Å². The standard InChI is InChI=1S/C25H21ClN4O2/c1-2-29-15-20(26)24(28-29)25(32)30-22(19-9-5-6-10-23(19)31)14-21(27-30)18-12-11-16-7-3-4-8-17(16)13-18/h3-13,15,22,31H,2,14H2,1H3/t22-/m0/s1. The molecular formula is C25H21ClN4O2. The third-order valence-corrected chi connectivity index (χ3v) is 6.02. The maximum atomic E-state index is 13.5. The van der Waals surface area contributed by atoms with Crippen LogP contribution < -0.4 is 0 Å². The fourth-order valence-corrected chi connectivity index (χ4v) is 4.30. The highest BCUT2D eigenvalue weighted by Gasteiger charge is 2.36. The average molecular weight is 445 g/mol. The Morgan fingerprint density at radius 2 is 1.84 bits per heavy atom. The first kappa shape index (κ1) is 20.3. The number of aromatic hydroxyl groups is 1. The van der Waals surface area contributed by atoms with Gasteiger partial charge in [0.1, 0.15) is 5.75 Å². The number of aryl methyl sites for hydroxylation is 1. The number of hydrazone groups is 1. The molecule has 0 unspecified atom stereocenters. The predicted octanol–water partition coefficient (Wildman–Crippen LogP) is 5.41. The first-order valence-electron chi connectivity index (χ1n) is 10.5. The van der Waals surface area contributed by atoms with Gasteiger partial charge in [-0.1, -0.05) is 66.2 Å². The van der Waals surface area contributed by atoms with E-state index in [-0.39, 0.29) is 16.5 Å². The number of carbonyl (C=O) groups excluding carboxylic acids is 1.